The van der Waals surface area contributed by atoms with Crippen molar-refractivity contribution in [3.05, 3.63) is 29.8 Å². The molecular formula is C15H20F2N2O3S. The van der Waals surface area contributed by atoms with Crippen LogP contribution in [-0.4, -0.2) is 37.6 Å². The molecule has 1 aliphatic rings. The number of carbonyl (C=O) groups excluding carboxylic acids is 1. The van der Waals surface area contributed by atoms with E-state index in [4.69, 9.17) is 0 Å². The molecular weight excluding hydrogens is 326 g/mol. The molecule has 1 amide bonds. The maximum Gasteiger partial charge on any atom is 0.254 e. The van der Waals surface area contributed by atoms with Crippen molar-refractivity contribution in [2.24, 2.45) is 0 Å². The third-order valence-electron chi connectivity index (χ3n) is 3.59. The number of alkyl halides is 2. The molecule has 0 aliphatic carbocycles. The molecule has 128 valence electrons. The molecule has 1 aromatic carbocycles. The van der Waals surface area contributed by atoms with Gasteiger partial charge in [-0.1, -0.05) is 12.1 Å². The Morgan fingerprint density at radius 2 is 1.78 bits per heavy atom. The van der Waals surface area contributed by atoms with Gasteiger partial charge in [-0.3, -0.25) is 4.79 Å². The SMILES string of the molecule is CC(F)(F)CC(=O)NCc1ccc(S(=O)(=O)N2CCCC2)cc1. The van der Waals surface area contributed by atoms with Crippen molar-refractivity contribution in [1.82, 2.24) is 9.62 Å². The molecule has 1 fully saturated rings. The van der Waals surface area contributed by atoms with E-state index in [2.05, 4.69) is 5.32 Å². The van der Waals surface area contributed by atoms with Gasteiger partial charge in [0.05, 0.1) is 11.3 Å². The van der Waals surface area contributed by atoms with Gasteiger partial charge in [-0.15, -0.1) is 0 Å². The van der Waals surface area contributed by atoms with E-state index in [1.807, 2.05) is 0 Å². The Kier molecular flexibility index (Phi) is 5.36. The predicted octanol–water partition coefficient (Wildman–Crippen LogP) is 2.13. The van der Waals surface area contributed by atoms with Crippen LogP contribution in [0.4, 0.5) is 8.78 Å². The lowest BCUT2D eigenvalue weighted by atomic mass is 10.2. The van der Waals surface area contributed by atoms with Gasteiger partial charge in [-0.25, -0.2) is 17.2 Å². The number of carbonyl (C=O) groups is 1. The molecule has 0 aromatic heterocycles. The summed E-state index contributed by atoms with van der Waals surface area (Å²) in [6, 6.07) is 6.10. The average molecular weight is 346 g/mol. The Hall–Kier alpha value is -1.54. The number of hydrogen-bond acceptors (Lipinski definition) is 3. The van der Waals surface area contributed by atoms with Crippen molar-refractivity contribution < 1.29 is 22.0 Å². The van der Waals surface area contributed by atoms with Gasteiger partial charge in [0.1, 0.15) is 0 Å². The van der Waals surface area contributed by atoms with E-state index in [9.17, 15) is 22.0 Å². The van der Waals surface area contributed by atoms with Crippen LogP contribution in [0.25, 0.3) is 0 Å². The molecule has 0 unspecified atom stereocenters. The van der Waals surface area contributed by atoms with Crippen LogP contribution in [0.1, 0.15) is 31.7 Å². The van der Waals surface area contributed by atoms with E-state index < -0.39 is 28.3 Å². The van der Waals surface area contributed by atoms with Crippen molar-refractivity contribution in [3.63, 3.8) is 0 Å². The lowest BCUT2D eigenvalue weighted by Crippen LogP contribution is -2.29. The number of hydrogen-bond donors (Lipinski definition) is 1. The molecule has 0 spiro atoms. The summed E-state index contributed by atoms with van der Waals surface area (Å²) in [4.78, 5) is 11.5. The highest BCUT2D eigenvalue weighted by molar-refractivity contribution is 7.89. The molecule has 0 radical (unpaired) electrons. The number of halogens is 2. The second-order valence-corrected chi connectivity index (χ2v) is 7.72. The highest BCUT2D eigenvalue weighted by Gasteiger charge is 2.27. The molecule has 1 N–H and O–H groups in total. The van der Waals surface area contributed by atoms with E-state index in [-0.39, 0.29) is 11.4 Å². The van der Waals surface area contributed by atoms with Gasteiger partial charge in [0.25, 0.3) is 5.92 Å². The Balaban J connectivity index is 1.96. The zero-order valence-electron chi connectivity index (χ0n) is 12.9. The molecule has 0 bridgehead atoms. The van der Waals surface area contributed by atoms with E-state index in [0.717, 1.165) is 12.8 Å². The molecule has 2 rings (SSSR count). The molecule has 1 heterocycles. The molecule has 1 saturated heterocycles. The topological polar surface area (TPSA) is 66.5 Å². The summed E-state index contributed by atoms with van der Waals surface area (Å²) in [5.41, 5.74) is 0.651. The van der Waals surface area contributed by atoms with Gasteiger partial charge in [0, 0.05) is 19.6 Å². The summed E-state index contributed by atoms with van der Waals surface area (Å²) in [7, 11) is -3.46. The first-order valence-electron chi connectivity index (χ1n) is 7.42. The van der Waals surface area contributed by atoms with Crippen LogP contribution >= 0.6 is 0 Å². The standard InChI is InChI=1S/C15H20F2N2O3S/c1-15(16,17)10-14(20)18-11-12-4-6-13(7-5-12)23(21,22)19-8-2-3-9-19/h4-7H,2-3,8-11H2,1H3,(H,18,20). The van der Waals surface area contributed by atoms with Gasteiger partial charge >= 0.3 is 0 Å². The second-order valence-electron chi connectivity index (χ2n) is 5.78. The van der Waals surface area contributed by atoms with Crippen molar-refractivity contribution in [1.29, 1.82) is 0 Å². The lowest BCUT2D eigenvalue weighted by molar-refractivity contribution is -0.127. The van der Waals surface area contributed by atoms with E-state index in [1.54, 1.807) is 12.1 Å². The average Bonchev–Trinajstić information content (AvgIpc) is 2.98. The van der Waals surface area contributed by atoms with Crippen molar-refractivity contribution in [2.45, 2.75) is 43.5 Å². The summed E-state index contributed by atoms with van der Waals surface area (Å²) < 4.78 is 51.5. The lowest BCUT2D eigenvalue weighted by Gasteiger charge is -2.15. The fraction of sp³-hybridized carbons (Fsp3) is 0.533. The number of sulfonamides is 1. The number of nitrogens with zero attached hydrogens (tertiary/aromatic N) is 1. The molecule has 8 heteroatoms. The van der Waals surface area contributed by atoms with Crippen LogP contribution in [0.2, 0.25) is 0 Å². The molecule has 1 aromatic rings. The Bertz CT molecular complexity index is 648. The first kappa shape index (κ1) is 17.8. The first-order chi connectivity index (χ1) is 10.7. The molecule has 0 saturated carbocycles. The Morgan fingerprint density at radius 1 is 1.22 bits per heavy atom. The van der Waals surface area contributed by atoms with Crippen LogP contribution < -0.4 is 5.32 Å². The highest BCUT2D eigenvalue weighted by Crippen LogP contribution is 2.21. The van der Waals surface area contributed by atoms with Gasteiger partial charge in [0.2, 0.25) is 15.9 Å². The van der Waals surface area contributed by atoms with E-state index >= 15 is 0 Å². The van der Waals surface area contributed by atoms with E-state index in [1.165, 1.54) is 16.4 Å². The van der Waals surface area contributed by atoms with Gasteiger partial charge in [-0.2, -0.15) is 4.31 Å². The fourth-order valence-electron chi connectivity index (χ4n) is 2.40. The first-order valence-corrected chi connectivity index (χ1v) is 8.86. The van der Waals surface area contributed by atoms with Gasteiger partial charge in [0.15, 0.2) is 0 Å². The normalized spacial score (nSPS) is 16.5. The maximum atomic E-state index is 12.7. The fourth-order valence-corrected chi connectivity index (χ4v) is 3.92. The van der Waals surface area contributed by atoms with Crippen LogP contribution in [0.5, 0.6) is 0 Å². The molecule has 5 nitrogen and oxygen atoms in total. The number of nitrogens with one attached hydrogen (secondary N) is 1. The van der Waals surface area contributed by atoms with Crippen LogP contribution in [0, 0.1) is 0 Å². The Labute approximate surface area is 134 Å². The monoisotopic (exact) mass is 346 g/mol. The van der Waals surface area contributed by atoms with E-state index in [0.29, 0.717) is 25.6 Å². The maximum absolute atomic E-state index is 12.7. The minimum atomic E-state index is -3.46. The van der Waals surface area contributed by atoms with Crippen molar-refractivity contribution >= 4 is 15.9 Å². The summed E-state index contributed by atoms with van der Waals surface area (Å²) in [5, 5.41) is 2.39. The molecule has 0 atom stereocenters. The third-order valence-corrected chi connectivity index (χ3v) is 5.50. The Morgan fingerprint density at radius 3 is 2.30 bits per heavy atom. The summed E-state index contributed by atoms with van der Waals surface area (Å²) in [5.74, 6) is -3.79. The summed E-state index contributed by atoms with van der Waals surface area (Å²) in [6.07, 6.45) is 0.866. The van der Waals surface area contributed by atoms with Crippen LogP contribution in [-0.2, 0) is 21.4 Å². The zero-order chi connectivity index (χ0) is 17.1. The largest absolute Gasteiger partial charge is 0.352 e. The second kappa shape index (κ2) is 6.92. The van der Waals surface area contributed by atoms with Crippen LogP contribution in [0.3, 0.4) is 0 Å². The number of rotatable bonds is 6. The zero-order valence-corrected chi connectivity index (χ0v) is 13.7. The molecule has 1 aliphatic heterocycles. The van der Waals surface area contributed by atoms with Crippen LogP contribution in [0.15, 0.2) is 29.2 Å². The third kappa shape index (κ3) is 4.97. The quantitative estimate of drug-likeness (QED) is 0.858. The van der Waals surface area contributed by atoms with Gasteiger partial charge < -0.3 is 5.32 Å². The predicted molar refractivity (Wildman–Crippen MR) is 81.5 cm³/mol. The highest BCUT2D eigenvalue weighted by atomic mass is 32.2. The number of benzene rings is 1. The minimum Gasteiger partial charge on any atom is -0.352 e. The smallest absolute Gasteiger partial charge is 0.254 e. The van der Waals surface area contributed by atoms with Gasteiger partial charge in [-0.05, 0) is 37.5 Å². The number of amides is 1. The minimum absolute atomic E-state index is 0.0823. The molecule has 23 heavy (non-hydrogen) atoms. The summed E-state index contributed by atoms with van der Waals surface area (Å²) in [6.45, 7) is 1.83. The van der Waals surface area contributed by atoms with Crippen molar-refractivity contribution in [3.8, 4) is 0 Å². The van der Waals surface area contributed by atoms with Crippen molar-refractivity contribution in [2.75, 3.05) is 13.1 Å². The summed E-state index contributed by atoms with van der Waals surface area (Å²) >= 11 is 0.